The van der Waals surface area contributed by atoms with Gasteiger partial charge in [0.25, 0.3) is 10.0 Å². The monoisotopic (exact) mass is 302 g/mol. The molecule has 0 aromatic carbocycles. The molecular weight excluding hydrogens is 284 g/mol. The van der Waals surface area contributed by atoms with E-state index >= 15 is 0 Å². The molecular formula is C10H18N6O3S. The van der Waals surface area contributed by atoms with Crippen molar-refractivity contribution in [3.05, 3.63) is 12.3 Å². The van der Waals surface area contributed by atoms with Gasteiger partial charge in [-0.05, 0) is 26.0 Å². The van der Waals surface area contributed by atoms with Gasteiger partial charge in [-0.1, -0.05) is 5.16 Å². The topological polar surface area (TPSA) is 137 Å². The first kappa shape index (κ1) is 14.8. The molecule has 0 unspecified atom stereocenters. The minimum atomic E-state index is -3.81. The summed E-state index contributed by atoms with van der Waals surface area (Å²) in [6, 6.07) is 1.34. The molecule has 0 radical (unpaired) electrons. The number of likely N-dealkylation sites (tertiary alicyclic amines) is 1. The number of nitrogens with two attached hydrogens (primary N) is 1. The third-order valence-corrected chi connectivity index (χ3v) is 5.00. The van der Waals surface area contributed by atoms with Crippen LogP contribution in [0.15, 0.2) is 22.4 Å². The van der Waals surface area contributed by atoms with Crippen molar-refractivity contribution < 1.29 is 13.6 Å². The highest BCUT2D eigenvalue weighted by Gasteiger charge is 2.42. The Kier molecular flexibility index (Phi) is 3.97. The van der Waals surface area contributed by atoms with Gasteiger partial charge in [-0.3, -0.25) is 5.10 Å². The van der Waals surface area contributed by atoms with Crippen LogP contribution in [0.1, 0.15) is 12.8 Å². The Morgan fingerprint density at radius 3 is 2.75 bits per heavy atom. The maximum Gasteiger partial charge on any atom is 0.258 e. The number of amidine groups is 1. The summed E-state index contributed by atoms with van der Waals surface area (Å²) in [6.45, 7) is 1.28. The molecule has 0 bridgehead atoms. The fourth-order valence-electron chi connectivity index (χ4n) is 2.21. The lowest BCUT2D eigenvalue weighted by molar-refractivity contribution is 0.213. The lowest BCUT2D eigenvalue weighted by Crippen LogP contribution is -2.61. The Bertz CT molecular complexity index is 574. The first-order valence-corrected chi connectivity index (χ1v) is 7.58. The molecule has 20 heavy (non-hydrogen) atoms. The van der Waals surface area contributed by atoms with Crippen molar-refractivity contribution in [1.82, 2.24) is 19.8 Å². The average molecular weight is 302 g/mol. The zero-order valence-electron chi connectivity index (χ0n) is 11.1. The van der Waals surface area contributed by atoms with Crippen LogP contribution in [0.3, 0.4) is 0 Å². The van der Waals surface area contributed by atoms with Crippen LogP contribution in [-0.2, 0) is 10.0 Å². The molecule has 10 heteroatoms. The van der Waals surface area contributed by atoms with Crippen molar-refractivity contribution in [2.24, 2.45) is 10.9 Å². The molecule has 2 heterocycles. The van der Waals surface area contributed by atoms with Crippen LogP contribution in [0, 0.1) is 0 Å². The first-order valence-electron chi connectivity index (χ1n) is 6.09. The van der Waals surface area contributed by atoms with Gasteiger partial charge < -0.3 is 15.8 Å². The second-order valence-electron chi connectivity index (χ2n) is 4.90. The molecule has 0 saturated carbocycles. The van der Waals surface area contributed by atoms with Gasteiger partial charge in [0.05, 0.1) is 11.7 Å². The van der Waals surface area contributed by atoms with Gasteiger partial charge >= 0.3 is 0 Å². The number of nitrogens with one attached hydrogen (secondary N) is 2. The molecule has 9 nitrogen and oxygen atoms in total. The van der Waals surface area contributed by atoms with E-state index in [2.05, 4.69) is 20.1 Å². The van der Waals surface area contributed by atoms with E-state index in [9.17, 15) is 8.42 Å². The van der Waals surface area contributed by atoms with Crippen LogP contribution < -0.4 is 10.5 Å². The Morgan fingerprint density at radius 2 is 2.25 bits per heavy atom. The number of aromatic nitrogens is 2. The molecule has 0 aliphatic carbocycles. The average Bonchev–Trinajstić information content (AvgIpc) is 2.95. The molecule has 1 aromatic heterocycles. The summed E-state index contributed by atoms with van der Waals surface area (Å²) in [5.74, 6) is -0.131. The van der Waals surface area contributed by atoms with E-state index in [0.717, 1.165) is 0 Å². The molecule has 1 aliphatic rings. The van der Waals surface area contributed by atoms with Crippen LogP contribution in [0.2, 0.25) is 0 Å². The fourth-order valence-corrected chi connectivity index (χ4v) is 3.56. The summed E-state index contributed by atoms with van der Waals surface area (Å²) in [5.41, 5.74) is 4.64. The normalized spacial score (nSPS) is 20.9. The van der Waals surface area contributed by atoms with Crippen molar-refractivity contribution in [2.45, 2.75) is 23.4 Å². The molecule has 5 N–H and O–H groups in total. The van der Waals surface area contributed by atoms with Crippen molar-refractivity contribution in [3.8, 4) is 0 Å². The molecule has 1 aromatic rings. The quantitative estimate of drug-likeness (QED) is 0.241. The third kappa shape index (κ3) is 2.76. The largest absolute Gasteiger partial charge is 0.409 e. The van der Waals surface area contributed by atoms with Crippen LogP contribution >= 0.6 is 0 Å². The van der Waals surface area contributed by atoms with Crippen LogP contribution in [0.4, 0.5) is 0 Å². The first-order chi connectivity index (χ1) is 9.39. The predicted octanol–water partition coefficient (Wildman–Crippen LogP) is -1.10. The number of H-pyrrole nitrogens is 1. The van der Waals surface area contributed by atoms with Crippen LogP contribution in [-0.4, -0.2) is 60.2 Å². The molecule has 1 aliphatic heterocycles. The molecule has 1 fully saturated rings. The zero-order chi connectivity index (χ0) is 14.8. The Morgan fingerprint density at radius 1 is 1.60 bits per heavy atom. The van der Waals surface area contributed by atoms with E-state index in [1.54, 1.807) is 0 Å². The number of aromatic amines is 1. The highest BCUT2D eigenvalue weighted by atomic mass is 32.2. The van der Waals surface area contributed by atoms with Gasteiger partial charge in [-0.25, -0.2) is 8.42 Å². The van der Waals surface area contributed by atoms with Crippen molar-refractivity contribution in [3.63, 3.8) is 0 Å². The van der Waals surface area contributed by atoms with Gasteiger partial charge in [-0.2, -0.15) is 9.82 Å². The van der Waals surface area contributed by atoms with Crippen LogP contribution in [0.25, 0.3) is 0 Å². The summed E-state index contributed by atoms with van der Waals surface area (Å²) in [6.07, 6.45) is 2.19. The molecule has 2 rings (SSSR count). The van der Waals surface area contributed by atoms with Gasteiger partial charge in [0, 0.05) is 13.1 Å². The Labute approximate surface area is 116 Å². The second kappa shape index (κ2) is 5.38. The Hall–Kier alpha value is -1.65. The smallest absolute Gasteiger partial charge is 0.258 e. The molecule has 0 atom stereocenters. The number of oxime groups is 1. The second-order valence-corrected chi connectivity index (χ2v) is 6.55. The number of sulfonamides is 1. The summed E-state index contributed by atoms with van der Waals surface area (Å²) >= 11 is 0. The summed E-state index contributed by atoms with van der Waals surface area (Å²) in [5, 5.41) is 17.9. The summed E-state index contributed by atoms with van der Waals surface area (Å²) < 4.78 is 27.1. The van der Waals surface area contributed by atoms with Crippen molar-refractivity contribution in [2.75, 3.05) is 20.1 Å². The van der Waals surface area contributed by atoms with Gasteiger partial charge in [-0.15, -0.1) is 0 Å². The number of hydrogen-bond donors (Lipinski definition) is 4. The van der Waals surface area contributed by atoms with Gasteiger partial charge in [0.15, 0.2) is 10.9 Å². The van der Waals surface area contributed by atoms with E-state index in [-0.39, 0.29) is 10.9 Å². The summed E-state index contributed by atoms with van der Waals surface area (Å²) in [7, 11) is -1.88. The third-order valence-electron chi connectivity index (χ3n) is 3.53. The van der Waals surface area contributed by atoms with Crippen molar-refractivity contribution >= 4 is 15.9 Å². The van der Waals surface area contributed by atoms with E-state index in [1.807, 2.05) is 11.9 Å². The Balaban J connectivity index is 2.30. The highest BCUT2D eigenvalue weighted by molar-refractivity contribution is 7.89. The standard InChI is InChI=1S/C10H18N6O3S/c1-16-6-3-10(4-7-16,9(11)14-17)15-20(18,19)8-2-5-12-13-8/h2,5,15,17H,3-4,6-7H2,1H3,(H2,11,14)(H,12,13). The minimum absolute atomic E-state index is 0.0541. The lowest BCUT2D eigenvalue weighted by atomic mass is 9.88. The molecule has 0 amide bonds. The van der Waals surface area contributed by atoms with E-state index < -0.39 is 15.6 Å². The molecule has 112 valence electrons. The zero-order valence-corrected chi connectivity index (χ0v) is 11.9. The fraction of sp³-hybridized carbons (Fsp3) is 0.600. The number of piperidine rings is 1. The van der Waals surface area contributed by atoms with E-state index in [1.165, 1.54) is 12.3 Å². The van der Waals surface area contributed by atoms with Crippen LogP contribution in [0.5, 0.6) is 0 Å². The van der Waals surface area contributed by atoms with Crippen molar-refractivity contribution in [1.29, 1.82) is 0 Å². The summed E-state index contributed by atoms with van der Waals surface area (Å²) in [4.78, 5) is 2.05. The minimum Gasteiger partial charge on any atom is -0.409 e. The highest BCUT2D eigenvalue weighted by Crippen LogP contribution is 2.24. The maximum absolute atomic E-state index is 12.3. The number of hydrogen-bond acceptors (Lipinski definition) is 6. The van der Waals surface area contributed by atoms with E-state index in [4.69, 9.17) is 10.9 Å². The molecule has 1 saturated heterocycles. The number of rotatable bonds is 4. The van der Waals surface area contributed by atoms with Gasteiger partial charge in [0.1, 0.15) is 0 Å². The molecule has 0 spiro atoms. The van der Waals surface area contributed by atoms with E-state index in [0.29, 0.717) is 25.9 Å². The number of nitrogens with zero attached hydrogens (tertiary/aromatic N) is 3. The SMILES string of the molecule is CN1CCC(NS(=O)(=O)c2ccn[nH]2)(C(N)=NO)CC1. The maximum atomic E-state index is 12.3. The lowest BCUT2D eigenvalue weighted by Gasteiger charge is -2.39. The predicted molar refractivity (Wildman–Crippen MR) is 71.8 cm³/mol. The van der Waals surface area contributed by atoms with Gasteiger partial charge in [0.2, 0.25) is 0 Å².